The van der Waals surface area contributed by atoms with E-state index < -0.39 is 26.0 Å². The van der Waals surface area contributed by atoms with Gasteiger partial charge in [0, 0.05) is 15.2 Å². The first-order chi connectivity index (χ1) is 13.4. The van der Waals surface area contributed by atoms with Crippen molar-refractivity contribution in [1.82, 2.24) is 21.5 Å². The van der Waals surface area contributed by atoms with Crippen molar-refractivity contribution in [2.24, 2.45) is 35.1 Å². The van der Waals surface area contributed by atoms with Crippen LogP contribution in [-0.2, 0) is 55.5 Å². The van der Waals surface area contributed by atoms with Crippen LogP contribution >= 0.6 is 46.0 Å². The van der Waals surface area contributed by atoms with Gasteiger partial charge in [0.25, 0.3) is 10.0 Å². The average molecular weight is 666 g/mol. The number of nitrogens with zero attached hydrogens (tertiary/aromatic N) is 8. The summed E-state index contributed by atoms with van der Waals surface area (Å²) >= 11 is 2.57. The highest BCUT2D eigenvalue weighted by molar-refractivity contribution is 14.1. The van der Waals surface area contributed by atoms with Gasteiger partial charge in [0.05, 0.1) is 19.8 Å². The number of hydrogen-bond donors (Lipinski definition) is 6. The third-order valence-corrected chi connectivity index (χ3v) is 3.62. The lowest BCUT2D eigenvalue weighted by molar-refractivity contribution is -1.73. The van der Waals surface area contributed by atoms with Crippen LogP contribution in [0.1, 0.15) is 0 Å². The second kappa shape index (κ2) is 7.22. The molecule has 0 amide bonds. The largest absolute Gasteiger partial charge is 0.692 e. The Morgan fingerprint density at radius 2 is 1.52 bits per heavy atom. The molecule has 0 aromatic rings. The Kier molecular flexibility index (Phi) is 5.62. The zero-order chi connectivity index (χ0) is 21.3. The van der Waals surface area contributed by atoms with Gasteiger partial charge in [-0.3, -0.25) is 0 Å². The highest BCUT2D eigenvalue weighted by Crippen LogP contribution is 2.50. The lowest BCUT2D eigenvalue weighted by Gasteiger charge is -2.45. The van der Waals surface area contributed by atoms with Crippen LogP contribution in [0.25, 0.3) is 0 Å². The van der Waals surface area contributed by atoms with E-state index in [0.29, 0.717) is 0 Å². The summed E-state index contributed by atoms with van der Waals surface area (Å²) in [6, 6.07) is -2.85. The zero-order valence-corrected chi connectivity index (χ0v) is 17.5. The number of quaternary nitrogens is 4. The molecule has 0 aliphatic carbocycles. The summed E-state index contributed by atoms with van der Waals surface area (Å²) in [4.78, 5) is 46.3. The molecule has 0 spiro atoms. The minimum atomic E-state index is -2.85. The van der Waals surface area contributed by atoms with Crippen LogP contribution in [0.15, 0.2) is 0 Å². The van der Waals surface area contributed by atoms with Crippen molar-refractivity contribution in [2.75, 3.05) is 0 Å². The zero-order valence-electron chi connectivity index (χ0n) is 13.2. The van der Waals surface area contributed by atoms with E-state index in [1.54, 1.807) is 0 Å². The van der Waals surface area contributed by atoms with Crippen LogP contribution in [0.5, 0.6) is 0 Å². The molecule has 4 saturated heterocycles. The van der Waals surface area contributed by atoms with Crippen molar-refractivity contribution in [3.05, 3.63) is 0 Å². The van der Waals surface area contributed by atoms with Gasteiger partial charge < -0.3 is 0 Å². The maximum atomic E-state index is 5.92. The Bertz CT molecular complexity index is 660. The van der Waals surface area contributed by atoms with E-state index in [0.717, 1.165) is 0 Å². The molecule has 4 heterocycles. The average Bonchev–Trinajstić information content (AvgIpc) is 2.61. The normalized spacial score (nSPS) is 51.0. The van der Waals surface area contributed by atoms with E-state index in [1.807, 2.05) is 0 Å². The molecule has 0 radical (unpaired) electrons. The highest BCUT2D eigenvalue weighted by Gasteiger charge is 3.02. The van der Waals surface area contributed by atoms with Crippen LogP contribution in [0.3, 0.4) is 0 Å². The lowest BCUT2D eigenvalue weighted by atomic mass is 10.8. The van der Waals surface area contributed by atoms with Gasteiger partial charge in [0.1, 0.15) is 56.3 Å². The lowest BCUT2D eigenvalue weighted by Crippen LogP contribution is -2.98. The summed E-state index contributed by atoms with van der Waals surface area (Å²) in [5.41, 5.74) is 0. The Morgan fingerprint density at radius 1 is 0.862 bits per heavy atom. The summed E-state index contributed by atoms with van der Waals surface area (Å²) in [6.45, 7) is 0. The van der Waals surface area contributed by atoms with Gasteiger partial charge in [-0.1, -0.05) is 28.2 Å². The van der Waals surface area contributed by atoms with E-state index in [4.69, 9.17) is 84.2 Å². The summed E-state index contributed by atoms with van der Waals surface area (Å²) in [6.07, 6.45) is 0. The topological polar surface area (TPSA) is 280 Å². The summed E-state index contributed by atoms with van der Waals surface area (Å²) in [5, 5.41) is -3.93. The first-order valence-corrected chi connectivity index (χ1v) is 8.13. The molecule has 29 heavy (non-hydrogen) atoms. The standard InChI is InChI=1S/CH12I2N14O12/c2-20-10(4)18-1-14(6)22-11(5)23-16(8)24-12(19-1)25-17(9,27-13(21-3)26-16)29-15(1,7)28-14/h4-9H2/q+4. The van der Waals surface area contributed by atoms with E-state index in [2.05, 4.69) is 6.33 Å². The molecule has 6 unspecified atom stereocenters. The fourth-order valence-electron chi connectivity index (χ4n) is 2.02. The third-order valence-electron chi connectivity index (χ3n) is 2.91. The van der Waals surface area contributed by atoms with Crippen molar-refractivity contribution in [3.8, 4) is 0 Å². The molecule has 6 atom stereocenters. The Morgan fingerprint density at radius 3 is 2.17 bits per heavy atom. The summed E-state index contributed by atoms with van der Waals surface area (Å²) in [5.74, 6) is 34.1. The summed E-state index contributed by atoms with van der Waals surface area (Å²) in [7, 11) is 0. The predicted molar refractivity (Wildman–Crippen MR) is 77.3 cm³/mol. The first kappa shape index (κ1) is 22.6. The molecule has 0 aromatic heterocycles. The molecule has 26 nitrogen and oxygen atoms in total. The first-order valence-electron chi connectivity index (χ1n) is 6.36. The molecule has 4 fully saturated rings. The smallest absolute Gasteiger partial charge is 0.218 e. The van der Waals surface area contributed by atoms with Crippen LogP contribution in [0.2, 0.25) is 0 Å². The molecule has 0 saturated carbocycles. The van der Waals surface area contributed by atoms with Crippen LogP contribution in [0, 0.1) is 0 Å². The predicted octanol–water partition coefficient (Wildman–Crippen LogP) is -5.43. The van der Waals surface area contributed by atoms with Gasteiger partial charge in [0.15, 0.2) is 4.94 Å². The maximum Gasteiger partial charge on any atom is 0.692 e. The Balaban J connectivity index is 1.85. The van der Waals surface area contributed by atoms with Crippen molar-refractivity contribution < 1.29 is 75.5 Å². The van der Waals surface area contributed by atoms with Crippen molar-refractivity contribution in [1.29, 1.82) is 0 Å². The van der Waals surface area contributed by atoms with Gasteiger partial charge in [-0.05, 0) is 0 Å². The van der Waals surface area contributed by atoms with Gasteiger partial charge in [0.2, 0.25) is 20.8 Å². The molecule has 4 aliphatic heterocycles. The number of hydrazine groups is 2. The van der Waals surface area contributed by atoms with Gasteiger partial charge in [-0.15, -0.1) is 4.84 Å². The van der Waals surface area contributed by atoms with Crippen molar-refractivity contribution in [2.45, 2.75) is 6.03 Å². The molecule has 0 aromatic carbocycles. The maximum absolute atomic E-state index is 5.92. The number of nitrogens with two attached hydrogens (primary N) is 6. The Labute approximate surface area is 184 Å². The summed E-state index contributed by atoms with van der Waals surface area (Å²) < 4.78 is 9.23. The number of hydroxylamine groups is 4. The fourth-order valence-corrected chi connectivity index (χ4v) is 2.24. The van der Waals surface area contributed by atoms with E-state index in [-0.39, 0.29) is 21.5 Å². The Hall–Kier alpha value is 0.420. The van der Waals surface area contributed by atoms with Crippen LogP contribution < -0.4 is 35.1 Å². The van der Waals surface area contributed by atoms with Crippen molar-refractivity contribution >= 4 is 46.0 Å². The second-order valence-corrected chi connectivity index (χ2v) is 5.60. The molecular formula is CH12I2N14O12+4. The van der Waals surface area contributed by atoms with Gasteiger partial charge in [-0.25, -0.2) is 11.7 Å². The molecule has 28 heteroatoms. The number of rotatable bonds is 4. The van der Waals surface area contributed by atoms with Crippen LogP contribution in [0.4, 0.5) is 0 Å². The third kappa shape index (κ3) is 3.58. The van der Waals surface area contributed by atoms with E-state index in [1.165, 1.54) is 46.0 Å². The molecule has 4 rings (SSSR count). The quantitative estimate of drug-likeness (QED) is 0.0707. The highest BCUT2D eigenvalue weighted by atomic mass is 127. The molecule has 12 N–H and O–H groups in total. The monoisotopic (exact) mass is 666 g/mol. The van der Waals surface area contributed by atoms with E-state index in [9.17, 15) is 0 Å². The SMILES string of the molecule is NN(OI)OC12ON3O[N+]4(N)ON(N)O[N+]1(N)O[N+]2(N)O[N+](N)(ON(OI)O4)O3. The second-order valence-electron chi connectivity index (χ2n) is 4.81. The molecule has 4 aliphatic rings. The minimum absolute atomic E-state index is 0.0423. The van der Waals surface area contributed by atoms with Crippen molar-refractivity contribution in [3.63, 3.8) is 0 Å². The molecule has 168 valence electrons. The molecular weight excluding hydrogens is 654 g/mol. The van der Waals surface area contributed by atoms with Gasteiger partial charge >= 0.3 is 6.03 Å². The van der Waals surface area contributed by atoms with Crippen LogP contribution in [-0.4, -0.2) is 47.5 Å². The minimum Gasteiger partial charge on any atom is -0.218 e. The number of hydrogen-bond acceptors (Lipinski definition) is 22. The fraction of sp³-hybridized carbons (Fsp3) is 1.00. The number of halogens is 2. The number of fused-ring (bicyclic) bond motifs is 2. The van der Waals surface area contributed by atoms with E-state index >= 15 is 0 Å². The van der Waals surface area contributed by atoms with Gasteiger partial charge in [-0.2, -0.15) is 6.33 Å². The molecule has 4 bridgehead atoms.